The van der Waals surface area contributed by atoms with Crippen LogP contribution in [0.3, 0.4) is 0 Å². The first-order chi connectivity index (χ1) is 13.1. The molecular formula is C18H22N3O6+. The van der Waals surface area contributed by atoms with Crippen molar-refractivity contribution in [3.05, 3.63) is 59.7 Å². The van der Waals surface area contributed by atoms with E-state index < -0.39 is 11.8 Å². The second-order valence-electron chi connectivity index (χ2n) is 5.53. The third-order valence-corrected chi connectivity index (χ3v) is 3.62. The van der Waals surface area contributed by atoms with Crippen LogP contribution in [0.5, 0.6) is 0 Å². The topological polar surface area (TPSA) is 140 Å². The Kier molecular flexibility index (Phi) is 7.71. The van der Waals surface area contributed by atoms with Gasteiger partial charge in [0, 0.05) is 25.2 Å². The Labute approximate surface area is 155 Å². The van der Waals surface area contributed by atoms with Crippen LogP contribution in [0.15, 0.2) is 52.8 Å². The van der Waals surface area contributed by atoms with Gasteiger partial charge < -0.3 is 24.8 Å². The third-order valence-electron chi connectivity index (χ3n) is 3.62. The van der Waals surface area contributed by atoms with Crippen molar-refractivity contribution in [1.29, 1.82) is 0 Å². The van der Waals surface area contributed by atoms with Crippen LogP contribution in [0.25, 0.3) is 6.08 Å². The maximum absolute atomic E-state index is 12.8. The molecule has 1 heterocycles. The van der Waals surface area contributed by atoms with E-state index in [0.29, 0.717) is 11.3 Å². The summed E-state index contributed by atoms with van der Waals surface area (Å²) in [7, 11) is 0. The molecule has 0 radical (unpaired) electrons. The van der Waals surface area contributed by atoms with Gasteiger partial charge in [-0.25, -0.2) is 5.21 Å². The Bertz CT molecular complexity index is 782. The minimum absolute atomic E-state index is 0.00217. The van der Waals surface area contributed by atoms with E-state index in [1.807, 2.05) is 0 Å². The van der Waals surface area contributed by atoms with Crippen LogP contribution in [0.2, 0.25) is 0 Å². The van der Waals surface area contributed by atoms with Gasteiger partial charge in [-0.1, -0.05) is 12.1 Å². The summed E-state index contributed by atoms with van der Waals surface area (Å²) in [6.45, 7) is -0.587. The van der Waals surface area contributed by atoms with Gasteiger partial charge in [-0.2, -0.15) is 5.48 Å². The Morgan fingerprint density at radius 2 is 1.89 bits per heavy atom. The van der Waals surface area contributed by atoms with Gasteiger partial charge in [-0.05, 0) is 23.8 Å². The molecule has 0 aliphatic carbocycles. The van der Waals surface area contributed by atoms with Crippen LogP contribution in [0.1, 0.15) is 16.1 Å². The highest BCUT2D eigenvalue weighted by molar-refractivity contribution is 6.04. The third kappa shape index (κ3) is 5.76. The van der Waals surface area contributed by atoms with Crippen molar-refractivity contribution in [3.63, 3.8) is 0 Å². The molecule has 0 bridgehead atoms. The Morgan fingerprint density at radius 1 is 1.15 bits per heavy atom. The molecule has 0 spiro atoms. The number of hydrogen-bond acceptors (Lipinski definition) is 6. The van der Waals surface area contributed by atoms with Gasteiger partial charge in [-0.3, -0.25) is 9.59 Å². The number of rotatable bonds is 9. The molecule has 2 rings (SSSR count). The van der Waals surface area contributed by atoms with E-state index >= 15 is 0 Å². The number of nitrogens with two attached hydrogens (primary N) is 1. The van der Waals surface area contributed by atoms with Gasteiger partial charge >= 0.3 is 0 Å². The van der Waals surface area contributed by atoms with Gasteiger partial charge in [0.05, 0.1) is 19.5 Å². The molecule has 2 aromatic rings. The number of aliphatic hydroxyl groups is 2. The lowest BCUT2D eigenvalue weighted by atomic mass is 10.1. The molecule has 0 saturated heterocycles. The number of carbonyl (C=O) groups excluding carboxylic acids is 2. The molecule has 2 amide bonds. The number of hydrogen-bond donors (Lipinski definition) is 5. The van der Waals surface area contributed by atoms with E-state index in [2.05, 4.69) is 5.32 Å². The van der Waals surface area contributed by atoms with Crippen LogP contribution in [0, 0.1) is 0 Å². The maximum Gasteiger partial charge on any atom is 0.291 e. The maximum atomic E-state index is 12.8. The van der Waals surface area contributed by atoms with Crippen molar-refractivity contribution in [2.75, 3.05) is 26.3 Å². The highest BCUT2D eigenvalue weighted by Gasteiger charge is 2.21. The average molecular weight is 376 g/mol. The fourth-order valence-electron chi connectivity index (χ4n) is 2.37. The van der Waals surface area contributed by atoms with E-state index in [9.17, 15) is 9.59 Å². The van der Waals surface area contributed by atoms with Crippen LogP contribution in [0.4, 0.5) is 5.69 Å². The molecule has 1 aromatic carbocycles. The fourth-order valence-corrected chi connectivity index (χ4v) is 2.37. The summed E-state index contributed by atoms with van der Waals surface area (Å²) < 4.78 is 5.04. The second kappa shape index (κ2) is 10.2. The number of benzene rings is 1. The first kappa shape index (κ1) is 20.3. The molecule has 0 unspecified atom stereocenters. The first-order valence-corrected chi connectivity index (χ1v) is 8.24. The summed E-state index contributed by atoms with van der Waals surface area (Å²) in [5, 5.41) is 30.0. The molecule has 0 saturated carbocycles. The smallest absolute Gasteiger partial charge is 0.291 e. The molecule has 9 nitrogen and oxygen atoms in total. The summed E-state index contributed by atoms with van der Waals surface area (Å²) in [6, 6.07) is 9.67. The van der Waals surface area contributed by atoms with Gasteiger partial charge in [0.25, 0.3) is 11.8 Å². The first-order valence-electron chi connectivity index (χ1n) is 8.24. The van der Waals surface area contributed by atoms with Gasteiger partial charge in [0.2, 0.25) is 0 Å². The Balaban J connectivity index is 2.35. The van der Waals surface area contributed by atoms with E-state index in [4.69, 9.17) is 19.8 Å². The molecular weight excluding hydrogens is 354 g/mol. The molecule has 0 aliphatic heterocycles. The number of nitrogens with zero attached hydrogens (tertiary/aromatic N) is 1. The van der Waals surface area contributed by atoms with Crippen molar-refractivity contribution < 1.29 is 34.9 Å². The Hall–Kier alpha value is -2.98. The molecule has 0 fully saturated rings. The molecule has 144 valence electrons. The van der Waals surface area contributed by atoms with E-state index in [1.54, 1.807) is 30.3 Å². The SMILES string of the molecule is O=C(N/C(=C\c1cccc([NH2+]O)c1)C(=O)N(CCO)CCO)c1ccco1. The average Bonchev–Trinajstić information content (AvgIpc) is 3.22. The summed E-state index contributed by atoms with van der Waals surface area (Å²) in [5.74, 6) is -1.16. The number of nitrogens with one attached hydrogen (secondary N) is 1. The quantitative estimate of drug-likeness (QED) is 0.226. The zero-order valence-electron chi connectivity index (χ0n) is 14.5. The normalized spacial score (nSPS) is 11.3. The fraction of sp³-hybridized carbons (Fsp3) is 0.222. The largest absolute Gasteiger partial charge is 0.459 e. The summed E-state index contributed by atoms with van der Waals surface area (Å²) in [4.78, 5) is 26.3. The lowest BCUT2D eigenvalue weighted by Crippen LogP contribution is -2.73. The molecule has 9 heteroatoms. The number of quaternary nitrogens is 1. The van der Waals surface area contributed by atoms with Crippen LogP contribution < -0.4 is 10.8 Å². The number of amides is 2. The number of furan rings is 1. The van der Waals surface area contributed by atoms with Crippen molar-refractivity contribution in [2.45, 2.75) is 0 Å². The van der Waals surface area contributed by atoms with Gasteiger partial charge in [-0.15, -0.1) is 0 Å². The van der Waals surface area contributed by atoms with Crippen molar-refractivity contribution >= 4 is 23.6 Å². The summed E-state index contributed by atoms with van der Waals surface area (Å²) in [5.41, 5.74) is 1.95. The lowest BCUT2D eigenvalue weighted by Gasteiger charge is -2.22. The van der Waals surface area contributed by atoms with Crippen molar-refractivity contribution in [3.8, 4) is 0 Å². The van der Waals surface area contributed by atoms with Crippen molar-refractivity contribution in [2.24, 2.45) is 0 Å². The molecule has 0 aliphatic rings. The minimum Gasteiger partial charge on any atom is -0.459 e. The zero-order valence-corrected chi connectivity index (χ0v) is 14.5. The zero-order chi connectivity index (χ0) is 19.6. The summed E-state index contributed by atoms with van der Waals surface area (Å²) >= 11 is 0. The molecule has 6 N–H and O–H groups in total. The summed E-state index contributed by atoms with van der Waals surface area (Å²) in [6.07, 6.45) is 2.78. The van der Waals surface area contributed by atoms with E-state index in [0.717, 1.165) is 5.48 Å². The monoisotopic (exact) mass is 376 g/mol. The highest BCUT2D eigenvalue weighted by Crippen LogP contribution is 2.12. The van der Waals surface area contributed by atoms with E-state index in [-0.39, 0.29) is 37.8 Å². The molecule has 0 atom stereocenters. The predicted octanol–water partition coefficient (Wildman–Crippen LogP) is -0.552. The van der Waals surface area contributed by atoms with Gasteiger partial charge in [0.1, 0.15) is 5.70 Å². The number of aliphatic hydroxyl groups excluding tert-OH is 2. The Morgan fingerprint density at radius 3 is 2.48 bits per heavy atom. The van der Waals surface area contributed by atoms with Gasteiger partial charge in [0.15, 0.2) is 11.4 Å². The minimum atomic E-state index is -0.613. The molecule has 27 heavy (non-hydrogen) atoms. The second-order valence-corrected chi connectivity index (χ2v) is 5.53. The van der Waals surface area contributed by atoms with Crippen LogP contribution >= 0.6 is 0 Å². The highest BCUT2D eigenvalue weighted by atomic mass is 16.5. The molecule has 1 aromatic heterocycles. The standard InChI is InChI=1S/C18H21N3O6/c22-8-6-21(7-9-23)18(25)15(19-17(24)16-5-2-10-27-16)12-13-3-1-4-14(11-13)20-26/h1-5,10-12,20,22-23,26H,6-9H2,(H,19,24)/p+1/b15-12-. The lowest BCUT2D eigenvalue weighted by molar-refractivity contribution is -0.825. The number of carbonyl (C=O) groups is 2. The predicted molar refractivity (Wildman–Crippen MR) is 94.7 cm³/mol. The van der Waals surface area contributed by atoms with Crippen LogP contribution in [-0.4, -0.2) is 58.4 Å². The van der Waals surface area contributed by atoms with Crippen LogP contribution in [-0.2, 0) is 4.79 Å². The van der Waals surface area contributed by atoms with Crippen molar-refractivity contribution in [1.82, 2.24) is 10.2 Å². The van der Waals surface area contributed by atoms with E-state index in [1.165, 1.54) is 23.3 Å².